The first kappa shape index (κ1) is 16.4. The maximum absolute atomic E-state index is 5.97. The number of hydrogen-bond donors (Lipinski definition) is 1. The third-order valence-electron chi connectivity index (χ3n) is 3.23. The van der Waals surface area contributed by atoms with E-state index in [0.29, 0.717) is 11.8 Å². The number of rotatable bonds is 6. The minimum Gasteiger partial charge on any atom is -0.493 e. The van der Waals surface area contributed by atoms with Crippen LogP contribution >= 0.6 is 11.8 Å². The van der Waals surface area contributed by atoms with Crippen LogP contribution in [0.25, 0.3) is 0 Å². The van der Waals surface area contributed by atoms with Crippen LogP contribution in [0.3, 0.4) is 0 Å². The molecule has 0 aliphatic heterocycles. The van der Waals surface area contributed by atoms with Crippen molar-refractivity contribution in [3.8, 4) is 5.75 Å². The molecule has 0 radical (unpaired) electrons. The molecule has 2 N–H and O–H groups in total. The van der Waals surface area contributed by atoms with Gasteiger partial charge in [0.2, 0.25) is 0 Å². The van der Waals surface area contributed by atoms with Gasteiger partial charge in [0.05, 0.1) is 12.6 Å². The second-order valence-electron chi connectivity index (χ2n) is 5.06. The van der Waals surface area contributed by atoms with Crippen molar-refractivity contribution < 1.29 is 4.74 Å². The van der Waals surface area contributed by atoms with Crippen molar-refractivity contribution in [2.45, 2.75) is 19.9 Å². The predicted molar refractivity (Wildman–Crippen MR) is 95.6 cm³/mol. The van der Waals surface area contributed by atoms with E-state index < -0.39 is 0 Å². The molecule has 2 aromatic rings. The minimum absolute atomic E-state index is 0.0757. The Hall–Kier alpha value is -1.94. The molecule has 0 aliphatic carbocycles. The first-order valence-corrected chi connectivity index (χ1v) is 8.34. The molecule has 2 aromatic carbocycles. The van der Waals surface area contributed by atoms with Gasteiger partial charge in [-0.1, -0.05) is 59.8 Å². The topological polar surface area (TPSA) is 47.6 Å². The number of nitrogens with two attached hydrogens (primary N) is 1. The second kappa shape index (κ2) is 8.49. The van der Waals surface area contributed by atoms with E-state index in [1.165, 1.54) is 22.9 Å². The number of benzene rings is 2. The van der Waals surface area contributed by atoms with Crippen LogP contribution in [0.4, 0.5) is 0 Å². The summed E-state index contributed by atoms with van der Waals surface area (Å²) in [4.78, 5) is 4.51. The second-order valence-corrected chi connectivity index (χ2v) is 6.18. The van der Waals surface area contributed by atoms with Crippen molar-refractivity contribution in [3.63, 3.8) is 0 Å². The zero-order chi connectivity index (χ0) is 15.8. The van der Waals surface area contributed by atoms with Crippen LogP contribution < -0.4 is 10.5 Å². The summed E-state index contributed by atoms with van der Waals surface area (Å²) in [6.45, 7) is 4.72. The highest BCUT2D eigenvalue weighted by molar-refractivity contribution is 8.13. The molecule has 0 amide bonds. The van der Waals surface area contributed by atoms with Crippen LogP contribution in [0.1, 0.15) is 24.1 Å². The van der Waals surface area contributed by atoms with Crippen LogP contribution in [0.2, 0.25) is 0 Å². The van der Waals surface area contributed by atoms with E-state index in [4.69, 9.17) is 10.5 Å². The number of amidine groups is 1. The largest absolute Gasteiger partial charge is 0.493 e. The minimum atomic E-state index is 0.0757. The number of aliphatic imine (C=N–C) groups is 1. The Kier molecular flexibility index (Phi) is 6.34. The van der Waals surface area contributed by atoms with Crippen molar-refractivity contribution >= 4 is 16.9 Å². The van der Waals surface area contributed by atoms with E-state index >= 15 is 0 Å². The Morgan fingerprint density at radius 2 is 1.82 bits per heavy atom. The van der Waals surface area contributed by atoms with E-state index in [-0.39, 0.29) is 6.04 Å². The smallest absolute Gasteiger partial charge is 0.154 e. The summed E-state index contributed by atoms with van der Waals surface area (Å²) in [6, 6.07) is 18.3. The molecule has 3 nitrogen and oxygen atoms in total. The van der Waals surface area contributed by atoms with E-state index in [1.54, 1.807) is 0 Å². The molecule has 0 saturated carbocycles. The van der Waals surface area contributed by atoms with Crippen molar-refractivity contribution in [1.29, 1.82) is 0 Å². The van der Waals surface area contributed by atoms with Gasteiger partial charge in [0, 0.05) is 5.75 Å². The summed E-state index contributed by atoms with van der Waals surface area (Å²) in [5.74, 6) is 1.67. The Balaban J connectivity index is 1.74. The molecule has 1 atom stereocenters. The molecule has 0 heterocycles. The zero-order valence-electron chi connectivity index (χ0n) is 13.0. The van der Waals surface area contributed by atoms with Gasteiger partial charge >= 0.3 is 0 Å². The lowest BCUT2D eigenvalue weighted by molar-refractivity contribution is 0.344. The van der Waals surface area contributed by atoms with E-state index in [2.05, 4.69) is 24.0 Å². The molecule has 0 fully saturated rings. The van der Waals surface area contributed by atoms with Gasteiger partial charge in [-0.2, -0.15) is 0 Å². The van der Waals surface area contributed by atoms with E-state index in [1.807, 2.05) is 49.4 Å². The molecule has 0 aliphatic rings. The summed E-state index contributed by atoms with van der Waals surface area (Å²) >= 11 is 1.52. The van der Waals surface area contributed by atoms with Crippen LogP contribution in [0, 0.1) is 6.92 Å². The standard InChI is InChI=1S/C18H22N2OS/c1-14-8-10-17(11-9-14)21-12-13-22-18(19)20-15(2)16-6-4-3-5-7-16/h3-11,15H,12-13H2,1-2H3,(H2,19,20)/t15-/m0/s1. The van der Waals surface area contributed by atoms with Crippen molar-refractivity contribution in [2.75, 3.05) is 12.4 Å². The highest BCUT2D eigenvalue weighted by atomic mass is 32.2. The van der Waals surface area contributed by atoms with Crippen molar-refractivity contribution in [2.24, 2.45) is 10.7 Å². The monoisotopic (exact) mass is 314 g/mol. The fraction of sp³-hybridized carbons (Fsp3) is 0.278. The zero-order valence-corrected chi connectivity index (χ0v) is 13.8. The molecular weight excluding hydrogens is 292 g/mol. The van der Waals surface area contributed by atoms with Gasteiger partial charge in [0.15, 0.2) is 5.17 Å². The maximum atomic E-state index is 5.97. The molecule has 0 bridgehead atoms. The normalized spacial score (nSPS) is 12.9. The lowest BCUT2D eigenvalue weighted by Gasteiger charge is -2.09. The number of nitrogens with zero attached hydrogens (tertiary/aromatic N) is 1. The van der Waals surface area contributed by atoms with Gasteiger partial charge < -0.3 is 10.5 Å². The van der Waals surface area contributed by atoms with Crippen LogP contribution in [0.5, 0.6) is 5.75 Å². The van der Waals surface area contributed by atoms with Gasteiger partial charge in [-0.05, 0) is 31.5 Å². The van der Waals surface area contributed by atoms with Gasteiger partial charge in [0.25, 0.3) is 0 Å². The fourth-order valence-corrected chi connectivity index (χ4v) is 2.58. The first-order valence-electron chi connectivity index (χ1n) is 7.35. The summed E-state index contributed by atoms with van der Waals surface area (Å²) < 4.78 is 5.67. The fourth-order valence-electron chi connectivity index (χ4n) is 1.97. The Morgan fingerprint density at radius 3 is 2.50 bits per heavy atom. The molecular formula is C18H22N2OS. The summed E-state index contributed by atoms with van der Waals surface area (Å²) in [6.07, 6.45) is 0. The quantitative estimate of drug-likeness (QED) is 0.494. The van der Waals surface area contributed by atoms with Crippen LogP contribution in [0.15, 0.2) is 59.6 Å². The van der Waals surface area contributed by atoms with Crippen molar-refractivity contribution in [1.82, 2.24) is 0 Å². The number of hydrogen-bond acceptors (Lipinski definition) is 3. The average molecular weight is 314 g/mol. The van der Waals surface area contributed by atoms with Crippen molar-refractivity contribution in [3.05, 3.63) is 65.7 Å². The SMILES string of the molecule is Cc1ccc(OCCSC(N)=N[C@@H](C)c2ccccc2)cc1. The van der Waals surface area contributed by atoms with Crippen LogP contribution in [-0.2, 0) is 0 Å². The third-order valence-corrected chi connectivity index (χ3v) is 4.00. The maximum Gasteiger partial charge on any atom is 0.154 e. The molecule has 0 unspecified atom stereocenters. The lowest BCUT2D eigenvalue weighted by atomic mass is 10.1. The summed E-state index contributed by atoms with van der Waals surface area (Å²) in [5.41, 5.74) is 8.37. The molecule has 116 valence electrons. The third kappa shape index (κ3) is 5.45. The molecule has 0 aromatic heterocycles. The van der Waals surface area contributed by atoms with Gasteiger partial charge in [-0.15, -0.1) is 0 Å². The number of thioether (sulfide) groups is 1. The Bertz CT molecular complexity index is 596. The number of aryl methyl sites for hydroxylation is 1. The highest BCUT2D eigenvalue weighted by Gasteiger charge is 2.04. The first-order chi connectivity index (χ1) is 10.6. The Labute approximate surface area is 136 Å². The number of ether oxygens (including phenoxy) is 1. The van der Waals surface area contributed by atoms with Crippen LogP contribution in [-0.4, -0.2) is 17.5 Å². The molecule has 2 rings (SSSR count). The Morgan fingerprint density at radius 1 is 1.14 bits per heavy atom. The van der Waals surface area contributed by atoms with E-state index in [0.717, 1.165) is 11.5 Å². The highest BCUT2D eigenvalue weighted by Crippen LogP contribution is 2.17. The van der Waals surface area contributed by atoms with Gasteiger partial charge in [0.1, 0.15) is 5.75 Å². The molecule has 0 spiro atoms. The summed E-state index contributed by atoms with van der Waals surface area (Å²) in [5, 5.41) is 0.601. The van der Waals surface area contributed by atoms with Gasteiger partial charge in [-0.25, -0.2) is 0 Å². The summed E-state index contributed by atoms with van der Waals surface area (Å²) in [7, 11) is 0. The average Bonchev–Trinajstić information content (AvgIpc) is 2.54. The molecule has 0 saturated heterocycles. The van der Waals surface area contributed by atoms with Gasteiger partial charge in [-0.3, -0.25) is 4.99 Å². The molecule has 22 heavy (non-hydrogen) atoms. The lowest BCUT2D eigenvalue weighted by Crippen LogP contribution is -2.12. The molecule has 4 heteroatoms. The predicted octanol–water partition coefficient (Wildman–Crippen LogP) is 4.18. The van der Waals surface area contributed by atoms with E-state index in [9.17, 15) is 0 Å².